The molecule has 1 unspecified atom stereocenters. The number of nitrogens with one attached hydrogen (secondary N) is 2. The molecule has 1 atom stereocenters. The molecule has 0 bridgehead atoms. The molecule has 3 rings (SSSR count). The Morgan fingerprint density at radius 1 is 1.19 bits per heavy atom. The summed E-state index contributed by atoms with van der Waals surface area (Å²) in [4.78, 5) is 7.30. The van der Waals surface area contributed by atoms with Crippen LogP contribution in [0.1, 0.15) is 37.3 Å². The molecule has 2 aromatic rings. The molecule has 2 aromatic heterocycles. The summed E-state index contributed by atoms with van der Waals surface area (Å²) in [7, 11) is 0. The molecule has 27 heavy (non-hydrogen) atoms. The lowest BCUT2D eigenvalue weighted by molar-refractivity contribution is 0.221. The monoisotopic (exact) mass is 370 g/mol. The highest BCUT2D eigenvalue weighted by Crippen LogP contribution is 2.25. The summed E-state index contributed by atoms with van der Waals surface area (Å²) in [6.07, 6.45) is 6.73. The zero-order valence-electron chi connectivity index (χ0n) is 16.1. The Labute approximate surface area is 161 Å². The molecule has 1 aliphatic rings. The van der Waals surface area contributed by atoms with Crippen molar-refractivity contribution in [3.05, 3.63) is 60.5 Å². The highest BCUT2D eigenvalue weighted by atomic mass is 16.3. The maximum absolute atomic E-state index is 5.69. The molecule has 0 radical (unpaired) electrons. The van der Waals surface area contributed by atoms with E-state index in [4.69, 9.17) is 13.8 Å². The molecule has 146 valence electrons. The number of rotatable bonds is 9. The number of guanidine groups is 1. The fraction of sp³-hybridized carbons (Fsp3) is 0.476. The van der Waals surface area contributed by atoms with Gasteiger partial charge in [-0.2, -0.15) is 0 Å². The largest absolute Gasteiger partial charge is 0.469 e. The van der Waals surface area contributed by atoms with Crippen LogP contribution in [0.25, 0.3) is 0 Å². The first-order chi connectivity index (χ1) is 13.2. The second-order valence-electron chi connectivity index (χ2n) is 7.03. The third-order valence-electron chi connectivity index (χ3n) is 4.68. The average molecular weight is 370 g/mol. The summed E-state index contributed by atoms with van der Waals surface area (Å²) in [5, 5.41) is 6.74. The summed E-state index contributed by atoms with van der Waals surface area (Å²) < 4.78 is 11.1. The Hall–Kier alpha value is -2.47. The van der Waals surface area contributed by atoms with Crippen LogP contribution >= 0.6 is 0 Å². The molecule has 3 heterocycles. The number of likely N-dealkylation sites (tertiary alicyclic amines) is 1. The topological polar surface area (TPSA) is 65.9 Å². The van der Waals surface area contributed by atoms with Gasteiger partial charge in [0.15, 0.2) is 5.96 Å². The standard InChI is InChI=1S/C21H30N4O2/c1-17(2)15-23-21(22-10-9-18-7-5-13-26-18)24-16-19(20-8-6-14-27-20)25-11-3-4-12-25/h5-8,13-14,19H,1,3-4,9-12,15-16H2,2H3,(H2,22,23,24). The van der Waals surface area contributed by atoms with Gasteiger partial charge in [0, 0.05) is 19.5 Å². The van der Waals surface area contributed by atoms with Gasteiger partial charge in [-0.3, -0.25) is 9.89 Å². The fourth-order valence-electron chi connectivity index (χ4n) is 3.27. The van der Waals surface area contributed by atoms with Gasteiger partial charge in [0.05, 0.1) is 25.1 Å². The summed E-state index contributed by atoms with van der Waals surface area (Å²) in [5.74, 6) is 2.74. The van der Waals surface area contributed by atoms with Crippen LogP contribution in [-0.4, -0.2) is 43.6 Å². The zero-order chi connectivity index (χ0) is 18.9. The van der Waals surface area contributed by atoms with E-state index >= 15 is 0 Å². The van der Waals surface area contributed by atoms with Crippen LogP contribution in [0.5, 0.6) is 0 Å². The van der Waals surface area contributed by atoms with Gasteiger partial charge in [0.25, 0.3) is 0 Å². The molecule has 1 fully saturated rings. The Morgan fingerprint density at radius 3 is 2.63 bits per heavy atom. The molecular weight excluding hydrogens is 340 g/mol. The fourth-order valence-corrected chi connectivity index (χ4v) is 3.27. The van der Waals surface area contributed by atoms with Crippen molar-refractivity contribution in [1.29, 1.82) is 0 Å². The van der Waals surface area contributed by atoms with Crippen molar-refractivity contribution in [2.24, 2.45) is 4.99 Å². The predicted molar refractivity (Wildman–Crippen MR) is 108 cm³/mol. The van der Waals surface area contributed by atoms with Crippen LogP contribution in [0, 0.1) is 0 Å². The van der Waals surface area contributed by atoms with Gasteiger partial charge in [-0.25, -0.2) is 0 Å². The maximum Gasteiger partial charge on any atom is 0.191 e. The molecule has 6 heteroatoms. The van der Waals surface area contributed by atoms with Gasteiger partial charge >= 0.3 is 0 Å². The van der Waals surface area contributed by atoms with Gasteiger partial charge < -0.3 is 19.5 Å². The Morgan fingerprint density at radius 2 is 1.96 bits per heavy atom. The van der Waals surface area contributed by atoms with Crippen LogP contribution < -0.4 is 10.6 Å². The highest BCUT2D eigenvalue weighted by molar-refractivity contribution is 5.80. The van der Waals surface area contributed by atoms with Crippen molar-refractivity contribution in [1.82, 2.24) is 15.5 Å². The van der Waals surface area contributed by atoms with E-state index in [1.165, 1.54) is 12.8 Å². The van der Waals surface area contributed by atoms with Crippen molar-refractivity contribution in [3.63, 3.8) is 0 Å². The maximum atomic E-state index is 5.69. The SMILES string of the molecule is C=C(C)CNC(=NCC(c1ccco1)N1CCCC1)NCCc1ccco1. The second kappa shape index (κ2) is 10.0. The summed E-state index contributed by atoms with van der Waals surface area (Å²) in [5.41, 5.74) is 1.07. The molecule has 0 spiro atoms. The number of aliphatic imine (C=N–C) groups is 1. The van der Waals surface area contributed by atoms with Crippen molar-refractivity contribution in [2.45, 2.75) is 32.2 Å². The van der Waals surface area contributed by atoms with Gasteiger partial charge in [-0.15, -0.1) is 0 Å². The van der Waals surface area contributed by atoms with E-state index in [-0.39, 0.29) is 6.04 Å². The second-order valence-corrected chi connectivity index (χ2v) is 7.03. The number of hydrogen-bond acceptors (Lipinski definition) is 4. The summed E-state index contributed by atoms with van der Waals surface area (Å²) in [6, 6.07) is 8.07. The summed E-state index contributed by atoms with van der Waals surface area (Å²) in [6.45, 7) is 10.3. The molecule has 0 aliphatic carbocycles. The summed E-state index contributed by atoms with van der Waals surface area (Å²) >= 11 is 0. The number of furan rings is 2. The van der Waals surface area contributed by atoms with Crippen molar-refractivity contribution >= 4 is 5.96 Å². The van der Waals surface area contributed by atoms with E-state index in [0.717, 1.165) is 49.1 Å². The van der Waals surface area contributed by atoms with Crippen LogP contribution in [-0.2, 0) is 6.42 Å². The smallest absolute Gasteiger partial charge is 0.191 e. The molecule has 2 N–H and O–H groups in total. The third-order valence-corrected chi connectivity index (χ3v) is 4.68. The van der Waals surface area contributed by atoms with Gasteiger partial charge in [0.1, 0.15) is 11.5 Å². The first kappa shape index (κ1) is 19.3. The lowest BCUT2D eigenvalue weighted by Crippen LogP contribution is -2.40. The first-order valence-corrected chi connectivity index (χ1v) is 9.69. The molecule has 1 aliphatic heterocycles. The van der Waals surface area contributed by atoms with Gasteiger partial charge in [-0.1, -0.05) is 12.2 Å². The quantitative estimate of drug-likeness (QED) is 0.402. The molecule has 0 saturated carbocycles. The third kappa shape index (κ3) is 6.03. The minimum atomic E-state index is 0.177. The molecule has 0 amide bonds. The average Bonchev–Trinajstić information content (AvgIpc) is 3.42. The minimum Gasteiger partial charge on any atom is -0.469 e. The number of hydrogen-bond donors (Lipinski definition) is 2. The van der Waals surface area contributed by atoms with Crippen molar-refractivity contribution < 1.29 is 8.83 Å². The molecular formula is C21H30N4O2. The number of nitrogens with zero attached hydrogens (tertiary/aromatic N) is 2. The lowest BCUT2D eigenvalue weighted by Gasteiger charge is -2.24. The van der Waals surface area contributed by atoms with E-state index in [1.807, 2.05) is 31.2 Å². The molecule has 0 aromatic carbocycles. The van der Waals surface area contributed by atoms with E-state index in [1.54, 1.807) is 12.5 Å². The van der Waals surface area contributed by atoms with E-state index in [0.29, 0.717) is 13.1 Å². The minimum absolute atomic E-state index is 0.177. The normalized spacial score (nSPS) is 16.4. The van der Waals surface area contributed by atoms with Crippen LogP contribution in [0.4, 0.5) is 0 Å². The molecule has 6 nitrogen and oxygen atoms in total. The van der Waals surface area contributed by atoms with Gasteiger partial charge in [0.2, 0.25) is 0 Å². The van der Waals surface area contributed by atoms with E-state index in [9.17, 15) is 0 Å². The van der Waals surface area contributed by atoms with Crippen LogP contribution in [0.2, 0.25) is 0 Å². The Bertz CT molecular complexity index is 701. The van der Waals surface area contributed by atoms with E-state index in [2.05, 4.69) is 22.1 Å². The van der Waals surface area contributed by atoms with Crippen LogP contribution in [0.15, 0.2) is 62.8 Å². The predicted octanol–water partition coefficient (Wildman–Crippen LogP) is 3.36. The van der Waals surface area contributed by atoms with Crippen LogP contribution in [0.3, 0.4) is 0 Å². The van der Waals surface area contributed by atoms with Crippen molar-refractivity contribution in [3.8, 4) is 0 Å². The van der Waals surface area contributed by atoms with E-state index < -0.39 is 0 Å². The Balaban J connectivity index is 1.62. The Kier molecular flexibility index (Phi) is 7.16. The van der Waals surface area contributed by atoms with Crippen molar-refractivity contribution in [2.75, 3.05) is 32.7 Å². The van der Waals surface area contributed by atoms with Gasteiger partial charge in [-0.05, 0) is 57.1 Å². The first-order valence-electron chi connectivity index (χ1n) is 9.69. The molecule has 1 saturated heterocycles. The zero-order valence-corrected chi connectivity index (χ0v) is 16.1. The highest BCUT2D eigenvalue weighted by Gasteiger charge is 2.25. The lowest BCUT2D eigenvalue weighted by atomic mass is 10.2.